The zero-order valence-electron chi connectivity index (χ0n) is 14.1. The highest BCUT2D eigenvalue weighted by atomic mass is 19.1. The van der Waals surface area contributed by atoms with Gasteiger partial charge in [0.2, 0.25) is 0 Å². The molecule has 0 spiro atoms. The average molecular weight is 309 g/mol. The van der Waals surface area contributed by atoms with Crippen molar-refractivity contribution in [2.75, 3.05) is 6.61 Å². The topological polar surface area (TPSA) is 41.5 Å². The van der Waals surface area contributed by atoms with E-state index >= 15 is 0 Å². The van der Waals surface area contributed by atoms with E-state index in [1.165, 1.54) is 6.07 Å². The van der Waals surface area contributed by atoms with Crippen LogP contribution in [0.1, 0.15) is 45.2 Å². The maximum atomic E-state index is 14.1. The second kappa shape index (κ2) is 8.18. The van der Waals surface area contributed by atoms with Gasteiger partial charge in [0.25, 0.3) is 0 Å². The maximum Gasteiger partial charge on any atom is 0.180 e. The third-order valence-electron chi connectivity index (χ3n) is 3.45. The summed E-state index contributed by atoms with van der Waals surface area (Å²) in [6.45, 7) is 12.1. The van der Waals surface area contributed by atoms with Crippen molar-refractivity contribution < 1.29 is 14.2 Å². The molecule has 0 bridgehead atoms. The van der Waals surface area contributed by atoms with Gasteiger partial charge in [-0.3, -0.25) is 0 Å². The van der Waals surface area contributed by atoms with Gasteiger partial charge in [0.05, 0.1) is 0 Å². The number of aliphatic hydroxyl groups excluding tert-OH is 1. The summed E-state index contributed by atoms with van der Waals surface area (Å²) >= 11 is 0. The lowest BCUT2D eigenvalue weighted by molar-refractivity contribution is 0.0410. The molecule has 1 aromatic rings. The first-order chi connectivity index (χ1) is 10.3. The van der Waals surface area contributed by atoms with E-state index in [1.54, 1.807) is 6.07 Å². The van der Waals surface area contributed by atoms with Crippen molar-refractivity contribution in [2.45, 2.75) is 52.7 Å². The van der Waals surface area contributed by atoms with Gasteiger partial charge >= 0.3 is 0 Å². The smallest absolute Gasteiger partial charge is 0.180 e. The highest BCUT2D eigenvalue weighted by molar-refractivity contribution is 5.29. The van der Waals surface area contributed by atoms with E-state index in [0.717, 1.165) is 12.0 Å². The molecular formula is C18H28FNO2. The molecule has 1 atom stereocenters. The fourth-order valence-electron chi connectivity index (χ4n) is 2.23. The van der Waals surface area contributed by atoms with Crippen molar-refractivity contribution in [2.24, 2.45) is 5.92 Å². The molecule has 4 heteroatoms. The number of nitrogens with one attached hydrogen (secondary N) is 1. The number of benzene rings is 1. The van der Waals surface area contributed by atoms with E-state index in [1.807, 2.05) is 33.8 Å². The molecule has 1 unspecified atom stereocenters. The zero-order valence-corrected chi connectivity index (χ0v) is 14.1. The van der Waals surface area contributed by atoms with E-state index in [-0.39, 0.29) is 23.9 Å². The van der Waals surface area contributed by atoms with Gasteiger partial charge in [-0.15, -0.1) is 0 Å². The Balaban J connectivity index is 2.79. The van der Waals surface area contributed by atoms with Gasteiger partial charge in [-0.2, -0.15) is 0 Å². The lowest BCUT2D eigenvalue weighted by Crippen LogP contribution is -2.25. The zero-order chi connectivity index (χ0) is 16.8. The second-order valence-electron chi connectivity index (χ2n) is 6.53. The number of rotatable bonds is 8. The summed E-state index contributed by atoms with van der Waals surface area (Å²) in [5.41, 5.74) is 1.18. The van der Waals surface area contributed by atoms with Crippen molar-refractivity contribution in [3.63, 3.8) is 0 Å². The molecule has 22 heavy (non-hydrogen) atoms. The Morgan fingerprint density at radius 1 is 1.41 bits per heavy atom. The molecular weight excluding hydrogens is 281 g/mol. The van der Waals surface area contributed by atoms with Crippen LogP contribution < -0.4 is 5.32 Å². The molecule has 0 aromatic heterocycles. The summed E-state index contributed by atoms with van der Waals surface area (Å²) in [6, 6.07) is 5.07. The van der Waals surface area contributed by atoms with Crippen LogP contribution in [0.5, 0.6) is 0 Å². The van der Waals surface area contributed by atoms with Crippen LogP contribution in [0, 0.1) is 11.7 Å². The minimum atomic E-state index is -0.341. The molecule has 0 aliphatic heterocycles. The third-order valence-corrected chi connectivity index (χ3v) is 3.45. The van der Waals surface area contributed by atoms with E-state index < -0.39 is 0 Å². The van der Waals surface area contributed by atoms with E-state index in [0.29, 0.717) is 24.4 Å². The Bertz CT molecular complexity index is 490. The monoisotopic (exact) mass is 309 g/mol. The number of hydrogen-bond acceptors (Lipinski definition) is 3. The highest BCUT2D eigenvalue weighted by Crippen LogP contribution is 2.20. The maximum absolute atomic E-state index is 14.1. The van der Waals surface area contributed by atoms with Crippen molar-refractivity contribution in [1.29, 1.82) is 0 Å². The Hall–Kier alpha value is -1.55. The Morgan fingerprint density at radius 3 is 2.64 bits per heavy atom. The first-order valence-corrected chi connectivity index (χ1v) is 7.75. The molecule has 1 rings (SSSR count). The summed E-state index contributed by atoms with van der Waals surface area (Å²) in [5.74, 6) is 0.326. The van der Waals surface area contributed by atoms with Gasteiger partial charge in [0.15, 0.2) is 5.88 Å². The van der Waals surface area contributed by atoms with Crippen LogP contribution in [0.25, 0.3) is 0 Å². The Labute approximate surface area is 133 Å². The lowest BCUT2D eigenvalue weighted by Gasteiger charge is -2.24. The van der Waals surface area contributed by atoms with Crippen LogP contribution in [0.4, 0.5) is 4.39 Å². The number of aliphatic hydroxyl groups is 1. The van der Waals surface area contributed by atoms with Crippen LogP contribution in [0.3, 0.4) is 0 Å². The van der Waals surface area contributed by atoms with Crippen LogP contribution in [0.2, 0.25) is 0 Å². The number of ether oxygens (including phenoxy) is 1. The molecule has 2 N–H and O–H groups in total. The fraction of sp³-hybridized carbons (Fsp3) is 0.556. The highest BCUT2D eigenvalue weighted by Gasteiger charge is 2.15. The molecule has 0 saturated carbocycles. The summed E-state index contributed by atoms with van der Waals surface area (Å²) < 4.78 is 19.7. The molecule has 0 radical (unpaired) electrons. The van der Waals surface area contributed by atoms with E-state index in [9.17, 15) is 9.50 Å². The van der Waals surface area contributed by atoms with Crippen LogP contribution in [0.15, 0.2) is 30.7 Å². The van der Waals surface area contributed by atoms with Gasteiger partial charge in [0, 0.05) is 18.7 Å². The van der Waals surface area contributed by atoms with E-state index in [2.05, 4.69) is 11.9 Å². The Morgan fingerprint density at radius 2 is 2.09 bits per heavy atom. The summed E-state index contributed by atoms with van der Waals surface area (Å²) in [6.07, 6.45) is 1.52. The Kier molecular flexibility index (Phi) is 6.88. The summed E-state index contributed by atoms with van der Waals surface area (Å²) in [7, 11) is 0. The summed E-state index contributed by atoms with van der Waals surface area (Å²) in [5, 5.41) is 12.4. The van der Waals surface area contributed by atoms with Crippen molar-refractivity contribution in [3.8, 4) is 0 Å². The molecule has 0 aliphatic rings. The summed E-state index contributed by atoms with van der Waals surface area (Å²) in [4.78, 5) is 0. The quantitative estimate of drug-likeness (QED) is 0.718. The minimum Gasteiger partial charge on any atom is -0.474 e. The lowest BCUT2D eigenvalue weighted by atomic mass is 9.94. The predicted octanol–water partition coefficient (Wildman–Crippen LogP) is 3.76. The molecule has 0 saturated heterocycles. The van der Waals surface area contributed by atoms with Crippen LogP contribution in [-0.2, 0) is 17.7 Å². The van der Waals surface area contributed by atoms with Crippen molar-refractivity contribution >= 4 is 0 Å². The molecule has 124 valence electrons. The van der Waals surface area contributed by atoms with Gasteiger partial charge in [-0.25, -0.2) is 4.39 Å². The van der Waals surface area contributed by atoms with Crippen LogP contribution in [-0.4, -0.2) is 17.3 Å². The third kappa shape index (κ3) is 6.06. The first kappa shape index (κ1) is 18.5. The molecule has 0 fully saturated rings. The van der Waals surface area contributed by atoms with Crippen molar-refractivity contribution in [3.05, 3.63) is 47.6 Å². The fourth-order valence-corrected chi connectivity index (χ4v) is 2.23. The molecule has 0 amide bonds. The second-order valence-corrected chi connectivity index (χ2v) is 6.53. The predicted molar refractivity (Wildman–Crippen MR) is 87.8 cm³/mol. The largest absolute Gasteiger partial charge is 0.474 e. The SMILES string of the molecule is C=C(NCc1c(F)cccc1CC(CC)CO)OC(C)(C)C. The normalized spacial score (nSPS) is 12.8. The average Bonchev–Trinajstić information content (AvgIpc) is 2.42. The van der Waals surface area contributed by atoms with E-state index in [4.69, 9.17) is 4.74 Å². The first-order valence-electron chi connectivity index (χ1n) is 7.75. The molecule has 1 aromatic carbocycles. The number of hydrogen-bond donors (Lipinski definition) is 2. The van der Waals surface area contributed by atoms with Gasteiger partial charge < -0.3 is 15.2 Å². The van der Waals surface area contributed by atoms with Crippen molar-refractivity contribution in [1.82, 2.24) is 5.32 Å². The molecule has 0 aliphatic carbocycles. The number of halogens is 1. The molecule has 3 nitrogen and oxygen atoms in total. The van der Waals surface area contributed by atoms with Gasteiger partial charge in [-0.1, -0.05) is 25.5 Å². The standard InChI is InChI=1S/C18H28FNO2/c1-6-14(12-21)10-15-8-7-9-17(19)16(15)11-20-13(2)22-18(3,4)5/h7-9,14,20-21H,2,6,10-12H2,1,3-5H3. The molecule has 0 heterocycles. The van der Waals surface area contributed by atoms with Gasteiger partial charge in [-0.05, 0) is 51.3 Å². The minimum absolute atomic E-state index is 0.111. The van der Waals surface area contributed by atoms with Gasteiger partial charge in [0.1, 0.15) is 11.4 Å². The van der Waals surface area contributed by atoms with Crippen LogP contribution >= 0.6 is 0 Å².